The van der Waals surface area contributed by atoms with Crippen molar-refractivity contribution in [2.45, 2.75) is 0 Å². The Balaban J connectivity index is 1.93. The van der Waals surface area contributed by atoms with Crippen molar-refractivity contribution in [1.82, 2.24) is 9.55 Å². The number of hydrogen-bond acceptors (Lipinski definition) is 4. The summed E-state index contributed by atoms with van der Waals surface area (Å²) in [4.78, 5) is 27.7. The quantitative estimate of drug-likeness (QED) is 0.527. The molecule has 0 aliphatic rings. The van der Waals surface area contributed by atoms with Gasteiger partial charge in [0, 0.05) is 28.4 Å². The number of nitrogens with two attached hydrogens (primary N) is 1. The summed E-state index contributed by atoms with van der Waals surface area (Å²) in [7, 11) is 0. The van der Waals surface area contributed by atoms with E-state index in [-0.39, 0.29) is 0 Å². The van der Waals surface area contributed by atoms with Crippen molar-refractivity contribution < 1.29 is 9.21 Å². The Kier molecular flexibility index (Phi) is 2.47. The lowest BCUT2D eigenvalue weighted by Gasteiger charge is -2.02. The Labute approximate surface area is 123 Å². The summed E-state index contributed by atoms with van der Waals surface area (Å²) in [6.45, 7) is 0. The van der Waals surface area contributed by atoms with E-state index in [2.05, 4.69) is 4.98 Å². The summed E-state index contributed by atoms with van der Waals surface area (Å²) in [5.74, 6) is -1.17. The number of carbonyl (C=O) groups is 1. The maximum absolute atomic E-state index is 12.7. The molecule has 0 saturated heterocycles. The van der Waals surface area contributed by atoms with Crippen LogP contribution in [0.2, 0.25) is 0 Å². The molecule has 0 atom stereocenters. The van der Waals surface area contributed by atoms with Crippen LogP contribution in [0.5, 0.6) is 0 Å². The molecular formula is C16H11N3O3. The summed E-state index contributed by atoms with van der Waals surface area (Å²) in [5.41, 5.74) is 8.20. The lowest BCUT2D eigenvalue weighted by Crippen LogP contribution is -2.23. The number of H-pyrrole nitrogens is 1. The lowest BCUT2D eigenvalue weighted by molar-refractivity contribution is 0.0956. The second-order valence-electron chi connectivity index (χ2n) is 5.02. The SMILES string of the molecule is Nc1ccc2oc(=O)n(C(=O)c3ccc4[nH]ccc4c3)c2c1. The molecule has 6 heteroatoms. The van der Waals surface area contributed by atoms with Gasteiger partial charge in [0.2, 0.25) is 0 Å². The molecule has 0 aliphatic carbocycles. The number of aromatic amines is 1. The third-order valence-electron chi connectivity index (χ3n) is 3.61. The molecule has 2 heterocycles. The van der Waals surface area contributed by atoms with Gasteiger partial charge in [-0.15, -0.1) is 0 Å². The van der Waals surface area contributed by atoms with E-state index in [0.717, 1.165) is 15.5 Å². The van der Waals surface area contributed by atoms with Crippen molar-refractivity contribution in [1.29, 1.82) is 0 Å². The molecule has 0 aliphatic heterocycles. The summed E-state index contributed by atoms with van der Waals surface area (Å²) in [6, 6.07) is 11.8. The van der Waals surface area contributed by atoms with Gasteiger partial charge < -0.3 is 15.1 Å². The molecule has 4 aromatic rings. The van der Waals surface area contributed by atoms with Gasteiger partial charge in [0.05, 0.1) is 0 Å². The minimum absolute atomic E-state index is 0.329. The van der Waals surface area contributed by atoms with Gasteiger partial charge in [-0.2, -0.15) is 0 Å². The van der Waals surface area contributed by atoms with Crippen LogP contribution in [-0.2, 0) is 0 Å². The number of nitrogen functional groups attached to an aromatic ring is 1. The zero-order chi connectivity index (χ0) is 15.3. The van der Waals surface area contributed by atoms with Crippen molar-refractivity contribution in [3.63, 3.8) is 0 Å². The maximum atomic E-state index is 12.7. The molecule has 0 saturated carbocycles. The maximum Gasteiger partial charge on any atom is 0.427 e. The van der Waals surface area contributed by atoms with Gasteiger partial charge in [-0.25, -0.2) is 9.36 Å². The molecule has 0 unspecified atom stereocenters. The van der Waals surface area contributed by atoms with E-state index < -0.39 is 11.7 Å². The highest BCUT2D eigenvalue weighted by atomic mass is 16.4. The fraction of sp³-hybridized carbons (Fsp3) is 0. The van der Waals surface area contributed by atoms with E-state index >= 15 is 0 Å². The van der Waals surface area contributed by atoms with Crippen molar-refractivity contribution in [2.75, 3.05) is 5.73 Å². The van der Waals surface area contributed by atoms with E-state index in [1.165, 1.54) is 0 Å². The van der Waals surface area contributed by atoms with Gasteiger partial charge in [-0.1, -0.05) is 0 Å². The average Bonchev–Trinajstić information content (AvgIpc) is 3.08. The number of aromatic nitrogens is 2. The van der Waals surface area contributed by atoms with Crippen molar-refractivity contribution in [3.8, 4) is 0 Å². The fourth-order valence-corrected chi connectivity index (χ4v) is 2.54. The number of rotatable bonds is 1. The minimum Gasteiger partial charge on any atom is -0.407 e. The molecule has 0 bridgehead atoms. The van der Waals surface area contributed by atoms with Crippen molar-refractivity contribution in [3.05, 3.63) is 64.8 Å². The summed E-state index contributed by atoms with van der Waals surface area (Å²) in [6.07, 6.45) is 1.79. The van der Waals surface area contributed by atoms with E-state index in [1.54, 1.807) is 42.6 Å². The van der Waals surface area contributed by atoms with Crippen LogP contribution in [0.1, 0.15) is 10.4 Å². The molecule has 0 amide bonds. The molecule has 22 heavy (non-hydrogen) atoms. The van der Waals surface area contributed by atoms with Crippen LogP contribution in [0.15, 0.2) is 57.9 Å². The van der Waals surface area contributed by atoms with E-state index in [9.17, 15) is 9.59 Å². The Hall–Kier alpha value is -3.28. The van der Waals surface area contributed by atoms with Crippen LogP contribution < -0.4 is 11.5 Å². The van der Waals surface area contributed by atoms with Gasteiger partial charge >= 0.3 is 5.76 Å². The first-order valence-electron chi connectivity index (χ1n) is 6.66. The number of fused-ring (bicyclic) bond motifs is 2. The Bertz CT molecular complexity index is 1080. The number of anilines is 1. The van der Waals surface area contributed by atoms with Crippen LogP contribution >= 0.6 is 0 Å². The smallest absolute Gasteiger partial charge is 0.407 e. The number of nitrogens with one attached hydrogen (secondary N) is 1. The molecule has 2 aromatic carbocycles. The zero-order valence-corrected chi connectivity index (χ0v) is 11.4. The number of benzene rings is 2. The predicted octanol–water partition coefficient (Wildman–Crippen LogP) is 2.35. The van der Waals surface area contributed by atoms with Gasteiger partial charge in [-0.3, -0.25) is 4.79 Å². The molecule has 0 radical (unpaired) electrons. The lowest BCUT2D eigenvalue weighted by atomic mass is 10.1. The number of hydrogen-bond donors (Lipinski definition) is 2. The van der Waals surface area contributed by atoms with Crippen molar-refractivity contribution in [2.24, 2.45) is 0 Å². The molecule has 2 aromatic heterocycles. The number of carbonyl (C=O) groups excluding carboxylic acids is 1. The highest BCUT2D eigenvalue weighted by Gasteiger charge is 2.18. The van der Waals surface area contributed by atoms with E-state index in [0.29, 0.717) is 22.4 Å². The number of oxazole rings is 1. The number of nitrogens with zero attached hydrogens (tertiary/aromatic N) is 1. The van der Waals surface area contributed by atoms with Gasteiger partial charge in [0.25, 0.3) is 5.91 Å². The Morgan fingerprint density at radius 3 is 2.86 bits per heavy atom. The van der Waals surface area contributed by atoms with Crippen LogP contribution in [0.25, 0.3) is 22.0 Å². The largest absolute Gasteiger partial charge is 0.427 e. The molecule has 3 N–H and O–H groups in total. The summed E-state index contributed by atoms with van der Waals surface area (Å²) in [5, 5.41) is 0.895. The van der Waals surface area contributed by atoms with Crippen LogP contribution in [-0.4, -0.2) is 15.5 Å². The molecule has 4 rings (SSSR count). The highest BCUT2D eigenvalue weighted by Crippen LogP contribution is 2.19. The topological polar surface area (TPSA) is 94.0 Å². The normalized spacial score (nSPS) is 11.3. The third-order valence-corrected chi connectivity index (χ3v) is 3.61. The molecule has 0 fully saturated rings. The first kappa shape index (κ1) is 12.5. The second-order valence-corrected chi connectivity index (χ2v) is 5.02. The molecular weight excluding hydrogens is 282 g/mol. The molecule has 108 valence electrons. The third kappa shape index (κ3) is 1.74. The first-order valence-corrected chi connectivity index (χ1v) is 6.66. The van der Waals surface area contributed by atoms with E-state index in [4.69, 9.17) is 10.2 Å². The van der Waals surface area contributed by atoms with Gasteiger partial charge in [-0.05, 0) is 42.5 Å². The van der Waals surface area contributed by atoms with Gasteiger partial charge in [0.1, 0.15) is 5.52 Å². The monoisotopic (exact) mass is 293 g/mol. The van der Waals surface area contributed by atoms with Crippen molar-refractivity contribution >= 4 is 33.6 Å². The standard InChI is InChI=1S/C16H11N3O3/c17-11-2-4-14-13(8-11)19(16(21)22-14)15(20)10-1-3-12-9(7-10)5-6-18-12/h1-8,18H,17H2. The fourth-order valence-electron chi connectivity index (χ4n) is 2.54. The van der Waals surface area contributed by atoms with Crippen LogP contribution in [0.4, 0.5) is 5.69 Å². The summed E-state index contributed by atoms with van der Waals surface area (Å²) >= 11 is 0. The Morgan fingerprint density at radius 1 is 1.14 bits per heavy atom. The predicted molar refractivity (Wildman–Crippen MR) is 82.9 cm³/mol. The van der Waals surface area contributed by atoms with Crippen LogP contribution in [0.3, 0.4) is 0 Å². The molecule has 6 nitrogen and oxygen atoms in total. The molecule has 0 spiro atoms. The summed E-state index contributed by atoms with van der Waals surface area (Å²) < 4.78 is 6.09. The minimum atomic E-state index is -0.722. The zero-order valence-electron chi connectivity index (χ0n) is 11.4. The average molecular weight is 293 g/mol. The first-order chi connectivity index (χ1) is 10.6. The van der Waals surface area contributed by atoms with Gasteiger partial charge in [0.15, 0.2) is 5.58 Å². The second kappa shape index (κ2) is 4.36. The Morgan fingerprint density at radius 2 is 2.00 bits per heavy atom. The van der Waals surface area contributed by atoms with Crippen LogP contribution in [0, 0.1) is 0 Å². The van der Waals surface area contributed by atoms with E-state index in [1.807, 2.05) is 6.07 Å². The highest BCUT2D eigenvalue weighted by molar-refractivity contribution is 6.03.